The number of fused-ring (bicyclic) bond motifs is 1. The number of nitrogens with zero attached hydrogens (tertiary/aromatic N) is 2. The maximum Gasteiger partial charge on any atom is 0.389 e. The molecule has 21 heavy (non-hydrogen) atoms. The third kappa shape index (κ3) is 3.83. The Balaban J connectivity index is 2.42. The molecule has 0 aliphatic carbocycles. The zero-order chi connectivity index (χ0) is 15.6. The second-order valence-electron chi connectivity index (χ2n) is 5.05. The summed E-state index contributed by atoms with van der Waals surface area (Å²) in [6, 6.07) is 3.73. The predicted molar refractivity (Wildman–Crippen MR) is 74.6 cm³/mol. The Morgan fingerprint density at radius 3 is 2.48 bits per heavy atom. The number of ether oxygens (including phenoxy) is 1. The van der Waals surface area contributed by atoms with Crippen LogP contribution in [0.3, 0.4) is 0 Å². The molecule has 114 valence electrons. The highest BCUT2D eigenvalue weighted by atomic mass is 19.4. The first kappa shape index (κ1) is 15.5. The molecule has 0 saturated carbocycles. The van der Waals surface area contributed by atoms with Gasteiger partial charge in [0.25, 0.3) is 0 Å². The summed E-state index contributed by atoms with van der Waals surface area (Å²) in [7, 11) is 1.54. The largest absolute Gasteiger partial charge is 0.496 e. The third-order valence-electron chi connectivity index (χ3n) is 3.19. The molecule has 6 heteroatoms. The quantitative estimate of drug-likeness (QED) is 0.851. The molecule has 0 spiro atoms. The SMILES string of the molecule is COc1cc(C)cc2nc(C)nc(CCCC(F)(F)F)c12. The molecule has 1 heterocycles. The van der Waals surface area contributed by atoms with E-state index in [2.05, 4.69) is 9.97 Å². The number of alkyl halides is 3. The lowest BCUT2D eigenvalue weighted by molar-refractivity contribution is -0.135. The number of aromatic nitrogens is 2. The van der Waals surface area contributed by atoms with Gasteiger partial charge in [-0.15, -0.1) is 0 Å². The molecule has 0 atom stereocenters. The summed E-state index contributed by atoms with van der Waals surface area (Å²) in [5.41, 5.74) is 2.30. The van der Waals surface area contributed by atoms with Crippen LogP contribution in [0.4, 0.5) is 13.2 Å². The average Bonchev–Trinajstić information content (AvgIpc) is 2.35. The second kappa shape index (κ2) is 5.87. The van der Waals surface area contributed by atoms with Crippen molar-refractivity contribution in [1.29, 1.82) is 0 Å². The second-order valence-corrected chi connectivity index (χ2v) is 5.05. The molecule has 0 saturated heterocycles. The number of benzene rings is 1. The summed E-state index contributed by atoms with van der Waals surface area (Å²) in [6.45, 7) is 3.66. The van der Waals surface area contributed by atoms with Gasteiger partial charge in [-0.1, -0.05) is 0 Å². The van der Waals surface area contributed by atoms with Crippen LogP contribution in [-0.2, 0) is 6.42 Å². The van der Waals surface area contributed by atoms with E-state index in [0.717, 1.165) is 5.56 Å². The number of halogens is 3. The van der Waals surface area contributed by atoms with E-state index in [0.29, 0.717) is 28.2 Å². The summed E-state index contributed by atoms with van der Waals surface area (Å²) in [5, 5.41) is 0.705. The van der Waals surface area contributed by atoms with E-state index in [1.807, 2.05) is 19.1 Å². The van der Waals surface area contributed by atoms with Crippen LogP contribution < -0.4 is 4.74 Å². The fourth-order valence-corrected chi connectivity index (χ4v) is 2.36. The zero-order valence-electron chi connectivity index (χ0n) is 12.2. The van der Waals surface area contributed by atoms with Crippen molar-refractivity contribution in [2.45, 2.75) is 39.3 Å². The lowest BCUT2D eigenvalue weighted by Gasteiger charge is -2.12. The van der Waals surface area contributed by atoms with Gasteiger partial charge in [0.15, 0.2) is 0 Å². The van der Waals surface area contributed by atoms with Crippen molar-refractivity contribution < 1.29 is 17.9 Å². The minimum absolute atomic E-state index is 0.00604. The van der Waals surface area contributed by atoms with Gasteiger partial charge in [-0.2, -0.15) is 13.2 Å². The highest BCUT2D eigenvalue weighted by molar-refractivity contribution is 5.88. The van der Waals surface area contributed by atoms with Crippen LogP contribution in [0.1, 0.15) is 29.9 Å². The van der Waals surface area contributed by atoms with Gasteiger partial charge in [-0.05, 0) is 44.4 Å². The number of rotatable bonds is 4. The monoisotopic (exact) mass is 298 g/mol. The number of hydrogen-bond donors (Lipinski definition) is 0. The Morgan fingerprint density at radius 2 is 1.86 bits per heavy atom. The smallest absolute Gasteiger partial charge is 0.389 e. The van der Waals surface area contributed by atoms with Crippen LogP contribution in [0.2, 0.25) is 0 Å². The highest BCUT2D eigenvalue weighted by Gasteiger charge is 2.26. The first-order chi connectivity index (χ1) is 9.80. The molecule has 3 nitrogen and oxygen atoms in total. The van der Waals surface area contributed by atoms with Crippen LogP contribution in [-0.4, -0.2) is 23.3 Å². The van der Waals surface area contributed by atoms with Crippen molar-refractivity contribution in [2.24, 2.45) is 0 Å². The van der Waals surface area contributed by atoms with Gasteiger partial charge in [0.2, 0.25) is 0 Å². The third-order valence-corrected chi connectivity index (χ3v) is 3.19. The average molecular weight is 298 g/mol. The Kier molecular flexibility index (Phi) is 4.34. The van der Waals surface area contributed by atoms with Gasteiger partial charge in [-0.25, -0.2) is 9.97 Å². The van der Waals surface area contributed by atoms with E-state index in [1.54, 1.807) is 6.92 Å². The molecule has 0 aliphatic heterocycles. The zero-order valence-corrected chi connectivity index (χ0v) is 12.2. The topological polar surface area (TPSA) is 35.0 Å². The normalized spacial score (nSPS) is 11.9. The lowest BCUT2D eigenvalue weighted by Crippen LogP contribution is -2.08. The summed E-state index contributed by atoms with van der Waals surface area (Å²) in [6.07, 6.45) is -4.70. The molecule has 0 bridgehead atoms. The van der Waals surface area contributed by atoms with Crippen molar-refractivity contribution in [3.63, 3.8) is 0 Å². The minimum atomic E-state index is -4.14. The molecule has 1 aromatic heterocycles. The van der Waals surface area contributed by atoms with Crippen LogP contribution in [0, 0.1) is 13.8 Å². The Labute approximate surface area is 121 Å². The van der Waals surface area contributed by atoms with Crippen molar-refractivity contribution in [1.82, 2.24) is 9.97 Å². The number of aryl methyl sites for hydroxylation is 3. The Bertz CT molecular complexity index is 648. The van der Waals surface area contributed by atoms with Crippen molar-refractivity contribution in [3.8, 4) is 5.75 Å². The van der Waals surface area contributed by atoms with Crippen molar-refractivity contribution in [2.75, 3.05) is 7.11 Å². The van der Waals surface area contributed by atoms with Crippen molar-refractivity contribution >= 4 is 10.9 Å². The van der Waals surface area contributed by atoms with Gasteiger partial charge in [-0.3, -0.25) is 0 Å². The van der Waals surface area contributed by atoms with Gasteiger partial charge < -0.3 is 4.74 Å². The highest BCUT2D eigenvalue weighted by Crippen LogP contribution is 2.30. The summed E-state index contributed by atoms with van der Waals surface area (Å²) in [5.74, 6) is 1.16. The van der Waals surface area contributed by atoms with E-state index in [1.165, 1.54) is 7.11 Å². The van der Waals surface area contributed by atoms with Crippen LogP contribution >= 0.6 is 0 Å². The van der Waals surface area contributed by atoms with Crippen molar-refractivity contribution in [3.05, 3.63) is 29.2 Å². The summed E-state index contributed by atoms with van der Waals surface area (Å²) in [4.78, 5) is 8.65. The van der Waals surface area contributed by atoms with Crippen LogP contribution in [0.25, 0.3) is 10.9 Å². The molecular weight excluding hydrogens is 281 g/mol. The molecule has 0 fully saturated rings. The van der Waals surface area contributed by atoms with Gasteiger partial charge in [0.1, 0.15) is 11.6 Å². The van der Waals surface area contributed by atoms with Crippen LogP contribution in [0.15, 0.2) is 12.1 Å². The van der Waals surface area contributed by atoms with E-state index in [-0.39, 0.29) is 12.8 Å². The molecule has 1 aromatic carbocycles. The lowest BCUT2D eigenvalue weighted by atomic mass is 10.1. The molecule has 0 N–H and O–H groups in total. The maximum absolute atomic E-state index is 12.3. The molecular formula is C15H17F3N2O. The maximum atomic E-state index is 12.3. The summed E-state index contributed by atoms with van der Waals surface area (Å²) < 4.78 is 42.2. The predicted octanol–water partition coefficient (Wildman–Crippen LogP) is 4.14. The number of hydrogen-bond acceptors (Lipinski definition) is 3. The first-order valence-electron chi connectivity index (χ1n) is 6.69. The fourth-order valence-electron chi connectivity index (χ4n) is 2.36. The van der Waals surface area contributed by atoms with E-state index >= 15 is 0 Å². The van der Waals surface area contributed by atoms with E-state index in [4.69, 9.17) is 4.74 Å². The molecule has 0 unspecified atom stereocenters. The molecule has 0 aliphatic rings. The summed E-state index contributed by atoms with van der Waals surface area (Å²) >= 11 is 0. The standard InChI is InChI=1S/C15H17F3N2O/c1-9-7-12-14(13(8-9)21-3)11(19-10(2)20-12)5-4-6-15(16,17)18/h7-8H,4-6H2,1-3H3. The number of methoxy groups -OCH3 is 1. The van der Waals surface area contributed by atoms with Gasteiger partial charge in [0.05, 0.1) is 23.7 Å². The van der Waals surface area contributed by atoms with Crippen LogP contribution in [0.5, 0.6) is 5.75 Å². The first-order valence-corrected chi connectivity index (χ1v) is 6.69. The van der Waals surface area contributed by atoms with E-state index < -0.39 is 12.6 Å². The van der Waals surface area contributed by atoms with Gasteiger partial charge >= 0.3 is 6.18 Å². The Morgan fingerprint density at radius 1 is 1.14 bits per heavy atom. The van der Waals surface area contributed by atoms with E-state index in [9.17, 15) is 13.2 Å². The van der Waals surface area contributed by atoms with Gasteiger partial charge in [0, 0.05) is 6.42 Å². The molecule has 0 amide bonds. The fraction of sp³-hybridized carbons (Fsp3) is 0.467. The molecule has 0 radical (unpaired) electrons. The Hall–Kier alpha value is -1.85. The molecule has 2 rings (SSSR count). The molecule has 2 aromatic rings. The minimum Gasteiger partial charge on any atom is -0.496 e.